The SMILES string of the molecule is O=C(NCC[OH2+])NCCOP. The van der Waals surface area contributed by atoms with E-state index in [-0.39, 0.29) is 12.6 Å². The van der Waals surface area contributed by atoms with Crippen molar-refractivity contribution in [3.05, 3.63) is 0 Å². The Hall–Kier alpha value is -0.380. The second kappa shape index (κ2) is 7.72. The number of carbonyl (C=O) groups excluding carboxylic acids is 1. The van der Waals surface area contributed by atoms with Gasteiger partial charge in [0.15, 0.2) is 6.61 Å². The van der Waals surface area contributed by atoms with Crippen LogP contribution in [0.3, 0.4) is 0 Å². The topological polar surface area (TPSA) is 73.3 Å². The van der Waals surface area contributed by atoms with Gasteiger partial charge in [-0.05, 0) is 0 Å². The standard InChI is InChI=1S/C5H13N2O3P/c8-3-1-6-5(9)7-2-4-10-11/h8H,1-4,11H2,(H2,6,7,9)/p+1. The summed E-state index contributed by atoms with van der Waals surface area (Å²) >= 11 is 0. The molecule has 1 unspecified atom stereocenters. The number of hydrogen-bond donors (Lipinski definition) is 2. The lowest BCUT2D eigenvalue weighted by atomic mass is 10.6. The molecule has 0 rings (SSSR count). The Morgan fingerprint density at radius 1 is 1.45 bits per heavy atom. The van der Waals surface area contributed by atoms with Crippen molar-refractivity contribution < 1.29 is 14.4 Å². The van der Waals surface area contributed by atoms with E-state index in [1.54, 1.807) is 0 Å². The summed E-state index contributed by atoms with van der Waals surface area (Å²) in [5.74, 6) is 0. The molecule has 0 aromatic heterocycles. The predicted molar refractivity (Wildman–Crippen MR) is 45.5 cm³/mol. The molecule has 6 heteroatoms. The Kier molecular flexibility index (Phi) is 7.46. The van der Waals surface area contributed by atoms with Crippen LogP contribution in [0.15, 0.2) is 0 Å². The summed E-state index contributed by atoms with van der Waals surface area (Å²) in [4.78, 5) is 10.7. The minimum Gasteiger partial charge on any atom is -0.444 e. The molecule has 0 fully saturated rings. The zero-order valence-electron chi connectivity index (χ0n) is 6.22. The molecule has 0 heterocycles. The van der Waals surface area contributed by atoms with Crippen LogP contribution in [0.25, 0.3) is 0 Å². The van der Waals surface area contributed by atoms with E-state index in [0.29, 0.717) is 19.7 Å². The molecule has 0 radical (unpaired) electrons. The fourth-order valence-electron chi connectivity index (χ4n) is 0.462. The average molecular weight is 181 g/mol. The van der Waals surface area contributed by atoms with Crippen LogP contribution in [-0.4, -0.2) is 37.4 Å². The molecule has 0 aliphatic heterocycles. The van der Waals surface area contributed by atoms with Gasteiger partial charge in [-0.25, -0.2) is 4.79 Å². The van der Waals surface area contributed by atoms with E-state index < -0.39 is 0 Å². The molecule has 0 aromatic rings. The first kappa shape index (κ1) is 10.6. The molecule has 1 atom stereocenters. The fourth-order valence-corrected chi connectivity index (χ4v) is 0.580. The second-order valence-corrected chi connectivity index (χ2v) is 2.14. The average Bonchev–Trinajstić information content (AvgIpc) is 2.01. The van der Waals surface area contributed by atoms with Gasteiger partial charge in [0.1, 0.15) is 0 Å². The van der Waals surface area contributed by atoms with Crippen molar-refractivity contribution in [1.82, 2.24) is 10.6 Å². The van der Waals surface area contributed by atoms with Gasteiger partial charge >= 0.3 is 6.03 Å². The lowest BCUT2D eigenvalue weighted by molar-refractivity contribution is 0.232. The summed E-state index contributed by atoms with van der Waals surface area (Å²) in [6.07, 6.45) is 0. The largest absolute Gasteiger partial charge is 0.444 e. The molecule has 0 spiro atoms. The smallest absolute Gasteiger partial charge is 0.315 e. The highest BCUT2D eigenvalue weighted by Crippen LogP contribution is 1.80. The van der Waals surface area contributed by atoms with Gasteiger partial charge in [0.05, 0.1) is 13.2 Å². The predicted octanol–water partition coefficient (Wildman–Crippen LogP) is -1.18. The molecule has 0 aliphatic carbocycles. The molecule has 0 bridgehead atoms. The summed E-state index contributed by atoms with van der Waals surface area (Å²) in [7, 11) is 2.10. The van der Waals surface area contributed by atoms with Crippen molar-refractivity contribution in [3.63, 3.8) is 0 Å². The van der Waals surface area contributed by atoms with E-state index in [1.807, 2.05) is 0 Å². The van der Waals surface area contributed by atoms with E-state index >= 15 is 0 Å². The van der Waals surface area contributed by atoms with Gasteiger partial charge in [-0.15, -0.1) is 0 Å². The van der Waals surface area contributed by atoms with Gasteiger partial charge in [0.2, 0.25) is 0 Å². The van der Waals surface area contributed by atoms with Crippen molar-refractivity contribution in [2.24, 2.45) is 0 Å². The van der Waals surface area contributed by atoms with Crippen LogP contribution in [0.4, 0.5) is 4.79 Å². The van der Waals surface area contributed by atoms with Gasteiger partial charge in [0, 0.05) is 16.0 Å². The van der Waals surface area contributed by atoms with Crippen molar-refractivity contribution in [2.45, 2.75) is 0 Å². The Bertz CT molecular complexity index is 112. The van der Waals surface area contributed by atoms with Crippen LogP contribution in [-0.2, 0) is 4.52 Å². The third kappa shape index (κ3) is 7.52. The van der Waals surface area contributed by atoms with E-state index in [4.69, 9.17) is 5.11 Å². The molecule has 4 N–H and O–H groups in total. The number of amides is 2. The minimum atomic E-state index is -0.251. The Labute approximate surface area is 67.8 Å². The van der Waals surface area contributed by atoms with Gasteiger partial charge in [-0.2, -0.15) is 0 Å². The molecule has 11 heavy (non-hydrogen) atoms. The monoisotopic (exact) mass is 181 g/mol. The lowest BCUT2D eigenvalue weighted by Gasteiger charge is -2.03. The van der Waals surface area contributed by atoms with Gasteiger partial charge in [0.25, 0.3) is 0 Å². The molecule has 2 amide bonds. The van der Waals surface area contributed by atoms with Gasteiger partial charge in [-0.3, -0.25) is 0 Å². The number of urea groups is 1. The number of nitrogens with one attached hydrogen (secondary N) is 2. The van der Waals surface area contributed by atoms with E-state index in [2.05, 4.69) is 24.6 Å². The molecule has 66 valence electrons. The van der Waals surface area contributed by atoms with Crippen LogP contribution >= 0.6 is 9.47 Å². The maximum absolute atomic E-state index is 10.7. The molecular weight excluding hydrogens is 167 g/mol. The van der Waals surface area contributed by atoms with E-state index in [0.717, 1.165) is 0 Å². The molecule has 0 saturated heterocycles. The van der Waals surface area contributed by atoms with Gasteiger partial charge in [-0.1, -0.05) is 0 Å². The highest BCUT2D eigenvalue weighted by atomic mass is 31.0. The van der Waals surface area contributed by atoms with Crippen LogP contribution in [0, 0.1) is 0 Å². The summed E-state index contributed by atoms with van der Waals surface area (Å²) in [5, 5.41) is 11.8. The molecular formula is C5H14N2O3P+. The Balaban J connectivity index is 3.09. The number of hydrogen-bond acceptors (Lipinski definition) is 2. The highest BCUT2D eigenvalue weighted by molar-refractivity contribution is 7.09. The third-order valence-electron chi connectivity index (χ3n) is 0.916. The Morgan fingerprint density at radius 2 is 2.09 bits per heavy atom. The van der Waals surface area contributed by atoms with E-state index in [1.165, 1.54) is 0 Å². The minimum absolute atomic E-state index is 0.202. The van der Waals surface area contributed by atoms with Crippen molar-refractivity contribution >= 4 is 15.5 Å². The zero-order valence-corrected chi connectivity index (χ0v) is 7.38. The second-order valence-electron chi connectivity index (χ2n) is 1.80. The number of carbonyl (C=O) groups is 1. The van der Waals surface area contributed by atoms with Gasteiger partial charge < -0.3 is 20.3 Å². The summed E-state index contributed by atoms with van der Waals surface area (Å²) in [6, 6.07) is -0.251. The number of rotatable bonds is 5. The summed E-state index contributed by atoms with van der Waals surface area (Å²) in [5.41, 5.74) is 0. The molecule has 5 nitrogen and oxygen atoms in total. The Morgan fingerprint density at radius 3 is 2.64 bits per heavy atom. The summed E-state index contributed by atoms with van der Waals surface area (Å²) in [6.45, 7) is 1.54. The normalized spacial score (nSPS) is 9.27. The van der Waals surface area contributed by atoms with Crippen LogP contribution < -0.4 is 10.6 Å². The third-order valence-corrected chi connectivity index (χ3v) is 1.15. The molecule has 0 aromatic carbocycles. The zero-order chi connectivity index (χ0) is 8.53. The maximum Gasteiger partial charge on any atom is 0.315 e. The van der Waals surface area contributed by atoms with Crippen molar-refractivity contribution in [1.29, 1.82) is 0 Å². The van der Waals surface area contributed by atoms with Crippen LogP contribution in [0.1, 0.15) is 0 Å². The first-order valence-corrected chi connectivity index (χ1v) is 3.76. The van der Waals surface area contributed by atoms with Crippen LogP contribution in [0.5, 0.6) is 0 Å². The molecule has 0 aliphatic rings. The first-order chi connectivity index (χ1) is 5.31. The quantitative estimate of drug-likeness (QED) is 0.318. The molecule has 0 saturated carbocycles. The van der Waals surface area contributed by atoms with Crippen molar-refractivity contribution in [3.8, 4) is 0 Å². The summed E-state index contributed by atoms with van der Waals surface area (Å²) < 4.78 is 4.63. The maximum atomic E-state index is 10.7. The van der Waals surface area contributed by atoms with Crippen LogP contribution in [0.2, 0.25) is 0 Å². The fraction of sp³-hybridized carbons (Fsp3) is 0.800. The lowest BCUT2D eigenvalue weighted by Crippen LogP contribution is -2.38. The van der Waals surface area contributed by atoms with Crippen molar-refractivity contribution in [2.75, 3.05) is 26.3 Å². The highest BCUT2D eigenvalue weighted by Gasteiger charge is 1.96. The first-order valence-electron chi connectivity index (χ1n) is 3.29. The van der Waals surface area contributed by atoms with E-state index in [9.17, 15) is 4.79 Å².